The Morgan fingerprint density at radius 3 is 2.69 bits per heavy atom. The van der Waals surface area contributed by atoms with Gasteiger partial charge in [0.15, 0.2) is 5.76 Å². The van der Waals surface area contributed by atoms with Gasteiger partial charge in [-0.3, -0.25) is 4.79 Å². The van der Waals surface area contributed by atoms with Crippen LogP contribution in [-0.2, 0) is 0 Å². The van der Waals surface area contributed by atoms with Crippen LogP contribution in [0.4, 0.5) is 0 Å². The smallest absolute Gasteiger partial charge is 0.307 e. The van der Waals surface area contributed by atoms with Gasteiger partial charge in [0.2, 0.25) is 0 Å². The topological polar surface area (TPSA) is 63.8 Å². The highest BCUT2D eigenvalue weighted by Gasteiger charge is 2.13. The molecule has 146 valence electrons. The van der Waals surface area contributed by atoms with Crippen LogP contribution in [0.15, 0.2) is 76.2 Å². The zero-order chi connectivity index (χ0) is 20.2. The van der Waals surface area contributed by atoms with E-state index in [9.17, 15) is 4.79 Å². The van der Waals surface area contributed by atoms with Crippen molar-refractivity contribution in [1.29, 1.82) is 0 Å². The van der Waals surface area contributed by atoms with Gasteiger partial charge in [0.1, 0.15) is 11.3 Å². The maximum atomic E-state index is 12.4. The van der Waals surface area contributed by atoms with Crippen molar-refractivity contribution < 1.29 is 13.9 Å². The Kier molecular flexibility index (Phi) is 5.29. The van der Waals surface area contributed by atoms with Crippen LogP contribution < -0.4 is 10.2 Å². The minimum absolute atomic E-state index is 0.176. The molecule has 0 bridgehead atoms. The van der Waals surface area contributed by atoms with Gasteiger partial charge >= 0.3 is 5.91 Å². The number of rotatable bonds is 6. The monoisotopic (exact) mass is 386 g/mol. The number of hydrazone groups is 1. The molecule has 4 aromatic rings. The third kappa shape index (κ3) is 4.14. The lowest BCUT2D eigenvalue weighted by atomic mass is 10.1. The predicted octanol–water partition coefficient (Wildman–Crippen LogP) is 5.53. The molecule has 1 atom stereocenters. The second-order valence-electron chi connectivity index (χ2n) is 6.91. The molecule has 3 aromatic carbocycles. The average Bonchev–Trinajstić information content (AvgIpc) is 3.20. The molecular formula is C24H22N2O3. The Morgan fingerprint density at radius 1 is 1.10 bits per heavy atom. The number of hydrogen-bond acceptors (Lipinski definition) is 4. The number of nitrogens with zero attached hydrogens (tertiary/aromatic N) is 1. The van der Waals surface area contributed by atoms with E-state index in [4.69, 9.17) is 9.15 Å². The van der Waals surface area contributed by atoms with E-state index in [1.54, 1.807) is 12.3 Å². The molecule has 0 saturated heterocycles. The average molecular weight is 386 g/mol. The Bertz CT molecular complexity index is 1180. The van der Waals surface area contributed by atoms with Crippen LogP contribution in [0.1, 0.15) is 36.4 Å². The van der Waals surface area contributed by atoms with Crippen LogP contribution in [0.2, 0.25) is 0 Å². The fourth-order valence-corrected chi connectivity index (χ4v) is 3.07. The fraction of sp³-hybridized carbons (Fsp3) is 0.167. The maximum absolute atomic E-state index is 12.4. The first-order valence-corrected chi connectivity index (χ1v) is 9.65. The van der Waals surface area contributed by atoms with E-state index < -0.39 is 5.91 Å². The number of carbonyl (C=O) groups excluding carboxylic acids is 1. The number of benzene rings is 3. The standard InChI is InChI=1S/C24H22N2O3/c1-3-16(2)28-19-11-8-17(9-12-19)15-25-26-24(27)23-14-21-20-7-5-4-6-18(20)10-13-22(21)29-23/h4-16H,3H2,1-2H3,(H,26,27)/t16-/m1/s1. The quantitative estimate of drug-likeness (QED) is 0.350. The summed E-state index contributed by atoms with van der Waals surface area (Å²) in [6.07, 6.45) is 2.71. The van der Waals surface area contributed by atoms with Gasteiger partial charge in [0.05, 0.1) is 12.3 Å². The molecule has 0 aliphatic heterocycles. The van der Waals surface area contributed by atoms with Crippen molar-refractivity contribution in [2.24, 2.45) is 5.10 Å². The van der Waals surface area contributed by atoms with Crippen molar-refractivity contribution in [3.63, 3.8) is 0 Å². The van der Waals surface area contributed by atoms with Crippen molar-refractivity contribution in [3.05, 3.63) is 78.1 Å². The minimum Gasteiger partial charge on any atom is -0.491 e. The zero-order valence-corrected chi connectivity index (χ0v) is 16.4. The summed E-state index contributed by atoms with van der Waals surface area (Å²) in [5.74, 6) is 0.652. The molecule has 0 unspecified atom stereocenters. The van der Waals surface area contributed by atoms with E-state index in [0.717, 1.165) is 33.9 Å². The van der Waals surface area contributed by atoms with Crippen LogP contribution in [0.25, 0.3) is 21.7 Å². The summed E-state index contributed by atoms with van der Waals surface area (Å²) in [5, 5.41) is 7.10. The first-order chi connectivity index (χ1) is 14.1. The summed E-state index contributed by atoms with van der Waals surface area (Å²) in [5.41, 5.74) is 4.05. The second-order valence-corrected chi connectivity index (χ2v) is 6.91. The van der Waals surface area contributed by atoms with Crippen LogP contribution in [0, 0.1) is 0 Å². The van der Waals surface area contributed by atoms with Gasteiger partial charge in [-0.15, -0.1) is 0 Å². The Labute approximate surface area is 169 Å². The SMILES string of the molecule is CC[C@@H](C)Oc1ccc(C=NNC(=O)c2cc3c(ccc4ccccc43)o2)cc1. The molecule has 4 rings (SSSR count). The van der Waals surface area contributed by atoms with E-state index in [1.165, 1.54) is 0 Å². The number of furan rings is 1. The summed E-state index contributed by atoms with van der Waals surface area (Å²) in [6, 6.07) is 21.2. The molecule has 5 nitrogen and oxygen atoms in total. The van der Waals surface area contributed by atoms with E-state index in [2.05, 4.69) is 17.5 Å². The number of amides is 1. The highest BCUT2D eigenvalue weighted by atomic mass is 16.5. The van der Waals surface area contributed by atoms with Crippen LogP contribution >= 0.6 is 0 Å². The Morgan fingerprint density at radius 2 is 1.90 bits per heavy atom. The van der Waals surface area contributed by atoms with E-state index in [0.29, 0.717) is 5.58 Å². The molecular weight excluding hydrogens is 364 g/mol. The second kappa shape index (κ2) is 8.19. The van der Waals surface area contributed by atoms with Crippen molar-refractivity contribution in [3.8, 4) is 5.75 Å². The lowest BCUT2D eigenvalue weighted by Crippen LogP contribution is -2.16. The van der Waals surface area contributed by atoms with Crippen LogP contribution in [0.5, 0.6) is 5.75 Å². The van der Waals surface area contributed by atoms with Gasteiger partial charge in [0, 0.05) is 5.39 Å². The molecule has 5 heteroatoms. The molecule has 0 fully saturated rings. The van der Waals surface area contributed by atoms with Gasteiger partial charge < -0.3 is 9.15 Å². The summed E-state index contributed by atoms with van der Waals surface area (Å²) >= 11 is 0. The highest BCUT2D eigenvalue weighted by molar-refractivity contribution is 6.08. The van der Waals surface area contributed by atoms with Crippen molar-refractivity contribution in [1.82, 2.24) is 5.43 Å². The molecule has 0 radical (unpaired) electrons. The summed E-state index contributed by atoms with van der Waals surface area (Å²) in [6.45, 7) is 4.12. The van der Waals surface area contributed by atoms with Gasteiger partial charge in [-0.2, -0.15) is 5.10 Å². The number of carbonyl (C=O) groups is 1. The maximum Gasteiger partial charge on any atom is 0.307 e. The molecule has 0 aliphatic rings. The number of ether oxygens (including phenoxy) is 1. The summed E-state index contributed by atoms with van der Waals surface area (Å²) < 4.78 is 11.5. The Balaban J connectivity index is 1.45. The lowest BCUT2D eigenvalue weighted by Gasteiger charge is -2.12. The molecule has 1 heterocycles. The molecule has 1 N–H and O–H groups in total. The number of hydrogen-bond donors (Lipinski definition) is 1. The highest BCUT2D eigenvalue weighted by Crippen LogP contribution is 2.28. The van der Waals surface area contributed by atoms with E-state index >= 15 is 0 Å². The molecule has 0 aliphatic carbocycles. The third-order valence-electron chi connectivity index (χ3n) is 4.82. The lowest BCUT2D eigenvalue weighted by molar-refractivity contribution is 0.0929. The number of nitrogens with one attached hydrogen (secondary N) is 1. The van der Waals surface area contributed by atoms with Crippen molar-refractivity contribution in [2.75, 3.05) is 0 Å². The molecule has 1 amide bonds. The molecule has 0 saturated carbocycles. The van der Waals surface area contributed by atoms with Crippen molar-refractivity contribution >= 4 is 33.9 Å². The Hall–Kier alpha value is -3.60. The largest absolute Gasteiger partial charge is 0.491 e. The van der Waals surface area contributed by atoms with Gasteiger partial charge in [-0.05, 0) is 66.1 Å². The van der Waals surface area contributed by atoms with Crippen LogP contribution in [-0.4, -0.2) is 18.2 Å². The zero-order valence-electron chi connectivity index (χ0n) is 16.4. The van der Waals surface area contributed by atoms with Gasteiger partial charge in [-0.1, -0.05) is 37.3 Å². The van der Waals surface area contributed by atoms with Gasteiger partial charge in [-0.25, -0.2) is 5.43 Å². The third-order valence-corrected chi connectivity index (χ3v) is 4.82. The number of fused-ring (bicyclic) bond motifs is 3. The minimum atomic E-state index is -0.391. The molecule has 29 heavy (non-hydrogen) atoms. The first-order valence-electron chi connectivity index (χ1n) is 9.65. The van der Waals surface area contributed by atoms with E-state index in [-0.39, 0.29) is 11.9 Å². The van der Waals surface area contributed by atoms with Crippen molar-refractivity contribution in [2.45, 2.75) is 26.4 Å². The summed E-state index contributed by atoms with van der Waals surface area (Å²) in [4.78, 5) is 12.4. The summed E-state index contributed by atoms with van der Waals surface area (Å²) in [7, 11) is 0. The van der Waals surface area contributed by atoms with Gasteiger partial charge in [0.25, 0.3) is 0 Å². The predicted molar refractivity (Wildman–Crippen MR) is 116 cm³/mol. The van der Waals surface area contributed by atoms with E-state index in [1.807, 2.05) is 67.6 Å². The first kappa shape index (κ1) is 18.7. The molecule has 0 spiro atoms. The fourth-order valence-electron chi connectivity index (χ4n) is 3.07. The molecule has 1 aromatic heterocycles. The normalized spacial score (nSPS) is 12.5. The van der Waals surface area contributed by atoms with Crippen LogP contribution in [0.3, 0.4) is 0 Å².